The summed E-state index contributed by atoms with van der Waals surface area (Å²) in [6.07, 6.45) is 4.98. The van der Waals surface area contributed by atoms with Crippen LogP contribution in [0.3, 0.4) is 0 Å². The van der Waals surface area contributed by atoms with E-state index in [-0.39, 0.29) is 23.5 Å². The van der Waals surface area contributed by atoms with Crippen LogP contribution < -0.4 is 4.90 Å². The first-order valence-electron chi connectivity index (χ1n) is 9.92. The first kappa shape index (κ1) is 20.4. The molecule has 1 saturated heterocycles. The molecule has 4 aromatic rings. The quantitative estimate of drug-likeness (QED) is 0.517. The molecule has 0 radical (unpaired) electrons. The molecule has 32 heavy (non-hydrogen) atoms. The average Bonchev–Trinajstić information content (AvgIpc) is 3.48. The van der Waals surface area contributed by atoms with Crippen molar-refractivity contribution in [1.29, 1.82) is 0 Å². The summed E-state index contributed by atoms with van der Waals surface area (Å²) in [6.45, 7) is 1.34. The van der Waals surface area contributed by atoms with Crippen LogP contribution in [0.2, 0.25) is 0 Å². The molecule has 0 amide bonds. The van der Waals surface area contributed by atoms with Crippen LogP contribution in [0.4, 0.5) is 19.0 Å². The van der Waals surface area contributed by atoms with Gasteiger partial charge in [-0.15, -0.1) is 0 Å². The number of nitrogens with zero attached hydrogens (tertiary/aromatic N) is 7. The van der Waals surface area contributed by atoms with Crippen molar-refractivity contribution < 1.29 is 17.9 Å². The second-order valence-electron chi connectivity index (χ2n) is 7.61. The van der Waals surface area contributed by atoms with Gasteiger partial charge in [-0.1, -0.05) is 0 Å². The Labute approximate surface area is 180 Å². The van der Waals surface area contributed by atoms with Crippen molar-refractivity contribution in [2.45, 2.75) is 24.6 Å². The fraction of sp³-hybridized carbons (Fsp3) is 0.350. The van der Waals surface area contributed by atoms with Crippen molar-refractivity contribution in [3.63, 3.8) is 0 Å². The van der Waals surface area contributed by atoms with Crippen molar-refractivity contribution in [3.8, 4) is 11.5 Å². The first-order valence-corrected chi connectivity index (χ1v) is 9.92. The van der Waals surface area contributed by atoms with Gasteiger partial charge in [0.05, 0.1) is 24.7 Å². The second kappa shape index (κ2) is 7.86. The Morgan fingerprint density at radius 3 is 2.75 bits per heavy atom. The zero-order chi connectivity index (χ0) is 22.3. The lowest BCUT2D eigenvalue weighted by molar-refractivity contribution is -0.141. The molecule has 1 N–H and O–H groups in total. The van der Waals surface area contributed by atoms with E-state index in [0.29, 0.717) is 24.6 Å². The smallest absolute Gasteiger partial charge is 0.380 e. The van der Waals surface area contributed by atoms with Crippen molar-refractivity contribution in [1.82, 2.24) is 34.5 Å². The predicted molar refractivity (Wildman–Crippen MR) is 108 cm³/mol. The monoisotopic (exact) mass is 444 g/mol. The van der Waals surface area contributed by atoms with E-state index < -0.39 is 11.9 Å². The number of piperidine rings is 1. The van der Waals surface area contributed by atoms with Gasteiger partial charge in [-0.3, -0.25) is 9.50 Å². The van der Waals surface area contributed by atoms with E-state index in [0.717, 1.165) is 24.4 Å². The zero-order valence-electron chi connectivity index (χ0n) is 17.0. The number of fused-ring (bicyclic) bond motifs is 1. The SMILES string of the molecule is COC1CC(c2cn[nH]c2)CN(c2ccnc(-c3cnc4cnc(C(F)(F)F)cn34)n2)C1. The summed E-state index contributed by atoms with van der Waals surface area (Å²) in [5, 5.41) is 6.89. The van der Waals surface area contributed by atoms with E-state index in [1.807, 2.05) is 6.20 Å². The van der Waals surface area contributed by atoms with Crippen molar-refractivity contribution in [2.75, 3.05) is 25.1 Å². The standard InChI is InChI=1S/C20H19F3N8O/c1-32-14-4-12(13-5-27-28-6-13)9-30(10-14)17-2-3-24-19(29-17)15-7-26-18-8-25-16(11-31(15)18)20(21,22)23/h2-3,5-8,11-12,14H,4,9-10H2,1H3,(H,27,28). The fourth-order valence-electron chi connectivity index (χ4n) is 3.99. The maximum atomic E-state index is 13.1. The minimum Gasteiger partial charge on any atom is -0.380 e. The number of rotatable bonds is 4. The highest BCUT2D eigenvalue weighted by Gasteiger charge is 2.33. The Hall–Kier alpha value is -3.54. The van der Waals surface area contributed by atoms with Gasteiger partial charge < -0.3 is 9.64 Å². The summed E-state index contributed by atoms with van der Waals surface area (Å²) in [7, 11) is 1.68. The highest BCUT2D eigenvalue weighted by atomic mass is 19.4. The molecule has 0 aromatic carbocycles. The number of nitrogens with one attached hydrogen (secondary N) is 1. The maximum Gasteiger partial charge on any atom is 0.434 e. The summed E-state index contributed by atoms with van der Waals surface area (Å²) < 4.78 is 46.3. The van der Waals surface area contributed by atoms with E-state index in [2.05, 4.69) is 35.0 Å². The highest BCUT2D eigenvalue weighted by Crippen LogP contribution is 2.31. The molecule has 1 aliphatic heterocycles. The molecule has 0 bridgehead atoms. The van der Waals surface area contributed by atoms with Crippen LogP contribution in [-0.2, 0) is 10.9 Å². The molecule has 0 saturated carbocycles. The molecular formula is C20H19F3N8O. The van der Waals surface area contributed by atoms with Crippen LogP contribution in [0.25, 0.3) is 17.2 Å². The van der Waals surface area contributed by atoms with E-state index in [4.69, 9.17) is 4.74 Å². The third-order valence-electron chi connectivity index (χ3n) is 5.62. The van der Waals surface area contributed by atoms with Crippen LogP contribution in [0.5, 0.6) is 0 Å². The van der Waals surface area contributed by atoms with Crippen molar-refractivity contribution in [3.05, 3.63) is 54.5 Å². The Morgan fingerprint density at radius 1 is 1.12 bits per heavy atom. The van der Waals surface area contributed by atoms with Crippen molar-refractivity contribution in [2.24, 2.45) is 0 Å². The molecule has 12 heteroatoms. The largest absolute Gasteiger partial charge is 0.434 e. The van der Waals surface area contributed by atoms with Gasteiger partial charge >= 0.3 is 6.18 Å². The van der Waals surface area contributed by atoms with E-state index in [1.54, 1.807) is 25.6 Å². The minimum absolute atomic E-state index is 0.00159. The van der Waals surface area contributed by atoms with E-state index in [1.165, 1.54) is 10.6 Å². The lowest BCUT2D eigenvalue weighted by atomic mass is 9.91. The summed E-state index contributed by atoms with van der Waals surface area (Å²) in [4.78, 5) is 18.6. The molecule has 5 rings (SSSR count). The van der Waals surface area contributed by atoms with Crippen molar-refractivity contribution >= 4 is 11.5 Å². The highest BCUT2D eigenvalue weighted by molar-refractivity contribution is 5.58. The minimum atomic E-state index is -4.57. The summed E-state index contributed by atoms with van der Waals surface area (Å²) in [6, 6.07) is 1.78. The topological polar surface area (TPSA) is 97.1 Å². The number of alkyl halides is 3. The number of halogens is 3. The van der Waals surface area contributed by atoms with Gasteiger partial charge in [0.15, 0.2) is 17.2 Å². The number of anilines is 1. The maximum absolute atomic E-state index is 13.1. The van der Waals surface area contributed by atoms with E-state index in [9.17, 15) is 13.2 Å². The normalized spacial score (nSPS) is 19.6. The van der Waals surface area contributed by atoms with Crippen LogP contribution in [0, 0.1) is 0 Å². The van der Waals surface area contributed by atoms with Gasteiger partial charge in [0, 0.05) is 44.7 Å². The van der Waals surface area contributed by atoms with Gasteiger partial charge in [-0.25, -0.2) is 19.9 Å². The molecule has 1 fully saturated rings. The number of aromatic amines is 1. The van der Waals surface area contributed by atoms with Crippen LogP contribution >= 0.6 is 0 Å². The third-order valence-corrected chi connectivity index (χ3v) is 5.62. The van der Waals surface area contributed by atoms with Crippen LogP contribution in [-0.4, -0.2) is 60.8 Å². The Bertz CT molecular complexity index is 1220. The number of H-pyrrole nitrogens is 1. The molecule has 2 unspecified atom stereocenters. The summed E-state index contributed by atoms with van der Waals surface area (Å²) in [5.74, 6) is 1.13. The number of aromatic nitrogens is 7. The fourth-order valence-corrected chi connectivity index (χ4v) is 3.99. The van der Waals surface area contributed by atoms with Crippen LogP contribution in [0.15, 0.2) is 43.2 Å². The third kappa shape index (κ3) is 3.77. The summed E-state index contributed by atoms with van der Waals surface area (Å²) >= 11 is 0. The molecule has 166 valence electrons. The lowest BCUT2D eigenvalue weighted by Crippen LogP contribution is -2.43. The number of ether oxygens (including phenoxy) is 1. The molecule has 2 atom stereocenters. The van der Waals surface area contributed by atoms with Gasteiger partial charge in [0.25, 0.3) is 0 Å². The van der Waals surface area contributed by atoms with Crippen LogP contribution in [0.1, 0.15) is 23.6 Å². The molecule has 0 aliphatic carbocycles. The zero-order valence-corrected chi connectivity index (χ0v) is 17.0. The number of hydrogen-bond acceptors (Lipinski definition) is 7. The molecule has 1 aliphatic rings. The average molecular weight is 444 g/mol. The van der Waals surface area contributed by atoms with Gasteiger partial charge in [0.2, 0.25) is 0 Å². The Kier molecular flexibility index (Phi) is 5.00. The molecular weight excluding hydrogens is 425 g/mol. The van der Waals surface area contributed by atoms with Gasteiger partial charge in [-0.05, 0) is 18.1 Å². The Balaban J connectivity index is 1.49. The molecule has 4 aromatic heterocycles. The Morgan fingerprint density at radius 2 is 2.00 bits per heavy atom. The summed E-state index contributed by atoms with van der Waals surface area (Å²) in [5.41, 5.74) is 0.697. The molecule has 0 spiro atoms. The predicted octanol–water partition coefficient (Wildman–Crippen LogP) is 2.94. The molecule has 9 nitrogen and oxygen atoms in total. The second-order valence-corrected chi connectivity index (χ2v) is 7.61. The lowest BCUT2D eigenvalue weighted by Gasteiger charge is -2.37. The van der Waals surface area contributed by atoms with Gasteiger partial charge in [-0.2, -0.15) is 18.3 Å². The number of hydrogen-bond donors (Lipinski definition) is 1. The van der Waals surface area contributed by atoms with E-state index >= 15 is 0 Å². The first-order chi connectivity index (χ1) is 15.4. The number of methoxy groups -OCH3 is 1. The number of imidazole rings is 1. The molecule has 5 heterocycles. The van der Waals surface area contributed by atoms with Gasteiger partial charge in [0.1, 0.15) is 11.5 Å².